The van der Waals surface area contributed by atoms with Crippen LogP contribution in [0.25, 0.3) is 0 Å². The van der Waals surface area contributed by atoms with E-state index in [1.807, 2.05) is 6.92 Å². The molecule has 1 rings (SSSR count). The molecule has 0 saturated carbocycles. The van der Waals surface area contributed by atoms with Crippen LogP contribution >= 0.6 is 15.9 Å². The monoisotopic (exact) mass is 366 g/mol. The van der Waals surface area contributed by atoms with Gasteiger partial charge in [0, 0.05) is 19.5 Å². The molecule has 0 aromatic heterocycles. The maximum Gasteiger partial charge on any atom is 0.240 e. The van der Waals surface area contributed by atoms with Crippen LogP contribution in [-0.2, 0) is 14.8 Å². The SMILES string of the molecule is CCCNC(=O)CCNS(=O)(=O)c1ccc(Br)c(F)c1. The molecule has 0 aliphatic rings. The molecule has 8 heteroatoms. The summed E-state index contributed by atoms with van der Waals surface area (Å²) in [5.41, 5.74) is 0. The van der Waals surface area contributed by atoms with Crippen LogP contribution in [0.5, 0.6) is 0 Å². The van der Waals surface area contributed by atoms with Gasteiger partial charge in [0.15, 0.2) is 0 Å². The van der Waals surface area contributed by atoms with Gasteiger partial charge in [-0.05, 0) is 40.5 Å². The third kappa shape index (κ3) is 5.18. The van der Waals surface area contributed by atoms with Gasteiger partial charge in [0.05, 0.1) is 9.37 Å². The van der Waals surface area contributed by atoms with E-state index < -0.39 is 15.8 Å². The Hall–Kier alpha value is -0.990. The first-order valence-corrected chi connectivity index (χ1v) is 8.36. The molecule has 0 unspecified atom stereocenters. The molecule has 1 aromatic carbocycles. The first-order valence-electron chi connectivity index (χ1n) is 6.08. The third-order valence-electron chi connectivity index (χ3n) is 2.42. The van der Waals surface area contributed by atoms with E-state index >= 15 is 0 Å². The third-order valence-corrected chi connectivity index (χ3v) is 4.52. The molecular weight excluding hydrogens is 351 g/mol. The number of carbonyl (C=O) groups is 1. The normalized spacial score (nSPS) is 11.3. The smallest absolute Gasteiger partial charge is 0.240 e. The molecule has 0 saturated heterocycles. The summed E-state index contributed by atoms with van der Waals surface area (Å²) in [4.78, 5) is 11.1. The van der Waals surface area contributed by atoms with Crippen molar-refractivity contribution in [3.8, 4) is 0 Å². The molecule has 0 atom stereocenters. The summed E-state index contributed by atoms with van der Waals surface area (Å²) in [6.07, 6.45) is 0.855. The Morgan fingerprint density at radius 3 is 2.65 bits per heavy atom. The highest BCUT2D eigenvalue weighted by atomic mass is 79.9. The lowest BCUT2D eigenvalue weighted by atomic mass is 10.3. The molecule has 0 spiro atoms. The zero-order chi connectivity index (χ0) is 15.2. The largest absolute Gasteiger partial charge is 0.356 e. The molecule has 20 heavy (non-hydrogen) atoms. The van der Waals surface area contributed by atoms with Gasteiger partial charge in [0.25, 0.3) is 0 Å². The van der Waals surface area contributed by atoms with Crippen LogP contribution < -0.4 is 10.0 Å². The van der Waals surface area contributed by atoms with Crippen LogP contribution in [-0.4, -0.2) is 27.4 Å². The lowest BCUT2D eigenvalue weighted by molar-refractivity contribution is -0.120. The fraction of sp³-hybridized carbons (Fsp3) is 0.417. The maximum atomic E-state index is 13.3. The Morgan fingerprint density at radius 2 is 2.05 bits per heavy atom. The van der Waals surface area contributed by atoms with Gasteiger partial charge in [0.2, 0.25) is 15.9 Å². The summed E-state index contributed by atoms with van der Waals surface area (Å²) in [7, 11) is -3.81. The van der Waals surface area contributed by atoms with E-state index in [4.69, 9.17) is 0 Å². The van der Waals surface area contributed by atoms with Gasteiger partial charge in [-0.1, -0.05) is 6.92 Å². The molecular formula is C12H16BrFN2O3S. The number of hydrogen-bond donors (Lipinski definition) is 2. The van der Waals surface area contributed by atoms with Crippen LogP contribution in [0.2, 0.25) is 0 Å². The van der Waals surface area contributed by atoms with Gasteiger partial charge in [-0.15, -0.1) is 0 Å². The molecule has 0 heterocycles. The zero-order valence-corrected chi connectivity index (χ0v) is 13.4. The van der Waals surface area contributed by atoms with Crippen molar-refractivity contribution in [2.45, 2.75) is 24.7 Å². The van der Waals surface area contributed by atoms with Gasteiger partial charge in [-0.2, -0.15) is 0 Å². The Balaban J connectivity index is 2.57. The van der Waals surface area contributed by atoms with Crippen molar-refractivity contribution in [3.63, 3.8) is 0 Å². The van der Waals surface area contributed by atoms with Crippen LogP contribution in [0, 0.1) is 5.82 Å². The predicted molar refractivity (Wildman–Crippen MR) is 77.2 cm³/mol. The van der Waals surface area contributed by atoms with E-state index in [0.717, 1.165) is 12.5 Å². The average Bonchev–Trinajstić information content (AvgIpc) is 2.39. The molecule has 0 bridgehead atoms. The molecule has 0 aliphatic carbocycles. The Morgan fingerprint density at radius 1 is 1.35 bits per heavy atom. The molecule has 0 aliphatic heterocycles. The molecule has 1 aromatic rings. The number of benzene rings is 1. The van der Waals surface area contributed by atoms with E-state index in [-0.39, 0.29) is 28.2 Å². The van der Waals surface area contributed by atoms with Crippen molar-refractivity contribution in [2.75, 3.05) is 13.1 Å². The van der Waals surface area contributed by atoms with Crippen molar-refractivity contribution in [1.82, 2.24) is 10.0 Å². The molecule has 1 amide bonds. The van der Waals surface area contributed by atoms with Gasteiger partial charge in [0.1, 0.15) is 5.82 Å². The van der Waals surface area contributed by atoms with Gasteiger partial charge >= 0.3 is 0 Å². The maximum absolute atomic E-state index is 13.3. The van der Waals surface area contributed by atoms with Crippen molar-refractivity contribution in [1.29, 1.82) is 0 Å². The Bertz CT molecular complexity index is 578. The number of carbonyl (C=O) groups excluding carboxylic acids is 1. The summed E-state index contributed by atoms with van der Waals surface area (Å²) >= 11 is 2.95. The van der Waals surface area contributed by atoms with Crippen molar-refractivity contribution < 1.29 is 17.6 Å². The zero-order valence-electron chi connectivity index (χ0n) is 10.9. The Kier molecular flexibility index (Phi) is 6.57. The summed E-state index contributed by atoms with van der Waals surface area (Å²) in [6, 6.07) is 3.52. The molecule has 2 N–H and O–H groups in total. The van der Waals surface area contributed by atoms with Gasteiger partial charge < -0.3 is 5.32 Å². The van der Waals surface area contributed by atoms with E-state index in [1.54, 1.807) is 0 Å². The second-order valence-electron chi connectivity index (χ2n) is 4.07. The number of halogens is 2. The van der Waals surface area contributed by atoms with E-state index in [1.165, 1.54) is 12.1 Å². The minimum absolute atomic E-state index is 0.0322. The topological polar surface area (TPSA) is 75.3 Å². The standard InChI is InChI=1S/C12H16BrFN2O3S/c1-2-6-15-12(17)5-7-16-20(18,19)9-3-4-10(13)11(14)8-9/h3-4,8,16H,2,5-7H2,1H3,(H,15,17). The number of hydrogen-bond acceptors (Lipinski definition) is 3. The highest BCUT2D eigenvalue weighted by Gasteiger charge is 2.15. The van der Waals surface area contributed by atoms with Crippen molar-refractivity contribution >= 4 is 31.9 Å². The van der Waals surface area contributed by atoms with Crippen LogP contribution in [0.15, 0.2) is 27.6 Å². The number of amides is 1. The van der Waals surface area contributed by atoms with Gasteiger partial charge in [-0.25, -0.2) is 17.5 Å². The minimum Gasteiger partial charge on any atom is -0.356 e. The highest BCUT2D eigenvalue weighted by Crippen LogP contribution is 2.19. The minimum atomic E-state index is -3.81. The van der Waals surface area contributed by atoms with E-state index in [9.17, 15) is 17.6 Å². The molecule has 5 nitrogen and oxygen atoms in total. The second kappa shape index (κ2) is 7.70. The molecule has 0 radical (unpaired) electrons. The van der Waals surface area contributed by atoms with Crippen molar-refractivity contribution in [2.24, 2.45) is 0 Å². The fourth-order valence-electron chi connectivity index (χ4n) is 1.38. The van der Waals surface area contributed by atoms with E-state index in [0.29, 0.717) is 6.54 Å². The average molecular weight is 367 g/mol. The van der Waals surface area contributed by atoms with Crippen LogP contribution in [0.3, 0.4) is 0 Å². The predicted octanol–water partition coefficient (Wildman–Crippen LogP) is 1.78. The van der Waals surface area contributed by atoms with Gasteiger partial charge in [-0.3, -0.25) is 4.79 Å². The second-order valence-corrected chi connectivity index (χ2v) is 6.69. The molecule has 0 fully saturated rings. The first kappa shape index (κ1) is 17.1. The first-order chi connectivity index (χ1) is 9.36. The summed E-state index contributed by atoms with van der Waals surface area (Å²) in [5.74, 6) is -0.884. The van der Waals surface area contributed by atoms with Crippen LogP contribution in [0.1, 0.15) is 19.8 Å². The fourth-order valence-corrected chi connectivity index (χ4v) is 2.67. The quantitative estimate of drug-likeness (QED) is 0.772. The summed E-state index contributed by atoms with van der Waals surface area (Å²) in [6.45, 7) is 2.45. The van der Waals surface area contributed by atoms with Crippen molar-refractivity contribution in [3.05, 3.63) is 28.5 Å². The summed E-state index contributed by atoms with van der Waals surface area (Å²) in [5, 5.41) is 2.63. The van der Waals surface area contributed by atoms with E-state index in [2.05, 4.69) is 26.0 Å². The lowest BCUT2D eigenvalue weighted by Crippen LogP contribution is -2.31. The Labute approximate surface area is 126 Å². The number of rotatable bonds is 7. The highest BCUT2D eigenvalue weighted by molar-refractivity contribution is 9.10. The molecule has 112 valence electrons. The lowest BCUT2D eigenvalue weighted by Gasteiger charge is -2.07. The number of sulfonamides is 1. The summed E-state index contributed by atoms with van der Waals surface area (Å²) < 4.78 is 39.5. The number of nitrogens with one attached hydrogen (secondary N) is 2. The van der Waals surface area contributed by atoms with Crippen LogP contribution in [0.4, 0.5) is 4.39 Å².